The van der Waals surface area contributed by atoms with Gasteiger partial charge in [0.25, 0.3) is 10.0 Å². The number of nitrogens with one attached hydrogen (secondary N) is 1. The van der Waals surface area contributed by atoms with E-state index in [-0.39, 0.29) is 24.7 Å². The first-order chi connectivity index (χ1) is 17.2. The summed E-state index contributed by atoms with van der Waals surface area (Å²) in [5.74, 6) is -0.635. The maximum Gasteiger partial charge on any atom is 0.322 e. The first-order valence-electron chi connectivity index (χ1n) is 12.2. The van der Waals surface area contributed by atoms with Gasteiger partial charge in [-0.3, -0.25) is 4.79 Å². The molecule has 9 nitrogen and oxygen atoms in total. The largest absolute Gasteiger partial charge is 0.480 e. The lowest BCUT2D eigenvalue weighted by Gasteiger charge is -2.22. The fourth-order valence-electron chi connectivity index (χ4n) is 4.41. The zero-order valence-corrected chi connectivity index (χ0v) is 21.5. The molecule has 2 heterocycles. The van der Waals surface area contributed by atoms with Crippen molar-refractivity contribution < 1.29 is 18.3 Å². The second-order valence-electron chi connectivity index (χ2n) is 9.49. The smallest absolute Gasteiger partial charge is 0.322 e. The van der Waals surface area contributed by atoms with E-state index in [1.54, 1.807) is 29.8 Å². The standard InChI is InChI=1S/C26H33N5O4S/c1-3-4-12-26(13-14-26)21-10-8-20(9-11-21)16-31(36(34,35)24-18-30(2)19-28-24)17-22-6-5-7-23(29-22)27-15-25(32)33/h5-11,18-19H,3-4,12-17H2,1-2H3,(H,27,29)(H,32,33). The first kappa shape index (κ1) is 25.8. The van der Waals surface area contributed by atoms with Crippen molar-refractivity contribution in [2.24, 2.45) is 7.05 Å². The molecule has 1 fully saturated rings. The number of aliphatic carboxylic acids is 1. The van der Waals surface area contributed by atoms with E-state index in [4.69, 9.17) is 5.11 Å². The molecule has 0 amide bonds. The molecule has 2 N–H and O–H groups in total. The summed E-state index contributed by atoms with van der Waals surface area (Å²) in [7, 11) is -2.18. The topological polar surface area (TPSA) is 117 Å². The Morgan fingerprint density at radius 1 is 1.17 bits per heavy atom. The number of carboxylic acids is 1. The summed E-state index contributed by atoms with van der Waals surface area (Å²) in [5, 5.41) is 11.6. The Balaban J connectivity index is 1.57. The van der Waals surface area contributed by atoms with Crippen LogP contribution in [-0.2, 0) is 40.4 Å². The van der Waals surface area contributed by atoms with Crippen molar-refractivity contribution in [2.75, 3.05) is 11.9 Å². The van der Waals surface area contributed by atoms with Crippen LogP contribution in [0.1, 0.15) is 55.8 Å². The van der Waals surface area contributed by atoms with Crippen LogP contribution >= 0.6 is 0 Å². The minimum Gasteiger partial charge on any atom is -0.480 e. The van der Waals surface area contributed by atoms with Crippen molar-refractivity contribution in [2.45, 2.75) is 62.6 Å². The number of aromatic nitrogens is 3. The normalized spacial score (nSPS) is 14.6. The molecule has 1 saturated carbocycles. The summed E-state index contributed by atoms with van der Waals surface area (Å²) in [6.45, 7) is 2.11. The number of hydrogen-bond acceptors (Lipinski definition) is 6. The Kier molecular flexibility index (Phi) is 7.75. The number of unbranched alkanes of at least 4 members (excludes halogenated alkanes) is 1. The summed E-state index contributed by atoms with van der Waals surface area (Å²) in [6.07, 6.45) is 8.95. The minimum atomic E-state index is -3.91. The van der Waals surface area contributed by atoms with Crippen LogP contribution in [0, 0.1) is 0 Å². The molecule has 0 atom stereocenters. The number of anilines is 1. The van der Waals surface area contributed by atoms with Crippen molar-refractivity contribution in [3.63, 3.8) is 0 Å². The summed E-state index contributed by atoms with van der Waals surface area (Å²) in [6, 6.07) is 13.4. The van der Waals surface area contributed by atoms with E-state index in [1.807, 2.05) is 12.1 Å². The number of hydrogen-bond donors (Lipinski definition) is 2. The maximum atomic E-state index is 13.5. The molecular weight excluding hydrogens is 478 g/mol. The van der Waals surface area contributed by atoms with E-state index in [2.05, 4.69) is 34.3 Å². The molecule has 0 radical (unpaired) electrons. The number of pyridine rings is 1. The van der Waals surface area contributed by atoms with Crippen molar-refractivity contribution in [1.82, 2.24) is 18.8 Å². The van der Waals surface area contributed by atoms with Gasteiger partial charge in [0.2, 0.25) is 0 Å². The molecule has 36 heavy (non-hydrogen) atoms. The predicted octanol–water partition coefficient (Wildman–Crippen LogP) is 3.92. The van der Waals surface area contributed by atoms with Gasteiger partial charge in [-0.25, -0.2) is 18.4 Å². The molecule has 0 saturated heterocycles. The van der Waals surface area contributed by atoms with Crippen LogP contribution in [0.3, 0.4) is 0 Å². The number of imidazole rings is 1. The molecule has 0 unspecified atom stereocenters. The number of aryl methyl sites for hydroxylation is 1. The number of carbonyl (C=O) groups is 1. The van der Waals surface area contributed by atoms with E-state index >= 15 is 0 Å². The van der Waals surface area contributed by atoms with Gasteiger partial charge >= 0.3 is 5.97 Å². The number of sulfonamides is 1. The highest BCUT2D eigenvalue weighted by atomic mass is 32.2. The van der Waals surface area contributed by atoms with E-state index < -0.39 is 16.0 Å². The predicted molar refractivity (Wildman–Crippen MR) is 137 cm³/mol. The van der Waals surface area contributed by atoms with Crippen LogP contribution in [0.2, 0.25) is 0 Å². The molecule has 192 valence electrons. The molecule has 0 bridgehead atoms. The van der Waals surface area contributed by atoms with Crippen LogP contribution in [0.4, 0.5) is 5.82 Å². The van der Waals surface area contributed by atoms with Gasteiger partial charge in [-0.05, 0) is 47.9 Å². The molecule has 1 aromatic carbocycles. The SMILES string of the molecule is CCCCC1(c2ccc(CN(Cc3cccc(NCC(=O)O)n3)S(=O)(=O)c3cn(C)cn3)cc2)CC1. The van der Waals surface area contributed by atoms with Gasteiger partial charge in [-0.1, -0.05) is 50.1 Å². The highest BCUT2D eigenvalue weighted by Crippen LogP contribution is 2.52. The Morgan fingerprint density at radius 2 is 1.92 bits per heavy atom. The van der Waals surface area contributed by atoms with Gasteiger partial charge in [0, 0.05) is 19.8 Å². The zero-order valence-electron chi connectivity index (χ0n) is 20.7. The second kappa shape index (κ2) is 10.8. The van der Waals surface area contributed by atoms with Gasteiger partial charge in [0.15, 0.2) is 5.03 Å². The molecule has 0 aliphatic heterocycles. The third kappa shape index (κ3) is 6.11. The molecule has 4 rings (SSSR count). The minimum absolute atomic E-state index is 0.0175. The fourth-order valence-corrected chi connectivity index (χ4v) is 5.78. The van der Waals surface area contributed by atoms with Crippen LogP contribution in [0.25, 0.3) is 0 Å². The molecule has 1 aliphatic carbocycles. The van der Waals surface area contributed by atoms with E-state index in [0.717, 1.165) is 5.56 Å². The van der Waals surface area contributed by atoms with Crippen molar-refractivity contribution in [1.29, 1.82) is 0 Å². The molecular formula is C26H33N5O4S. The van der Waals surface area contributed by atoms with Crippen molar-refractivity contribution in [3.8, 4) is 0 Å². The Hall–Kier alpha value is -3.24. The maximum absolute atomic E-state index is 13.5. The van der Waals surface area contributed by atoms with Crippen LogP contribution in [0.15, 0.2) is 60.0 Å². The molecule has 2 aromatic heterocycles. The Morgan fingerprint density at radius 3 is 2.53 bits per heavy atom. The van der Waals surface area contributed by atoms with Gasteiger partial charge < -0.3 is 15.0 Å². The highest BCUT2D eigenvalue weighted by molar-refractivity contribution is 7.89. The van der Waals surface area contributed by atoms with E-state index in [9.17, 15) is 13.2 Å². The number of benzene rings is 1. The van der Waals surface area contributed by atoms with Crippen molar-refractivity contribution in [3.05, 3.63) is 71.8 Å². The average molecular weight is 512 g/mol. The van der Waals surface area contributed by atoms with E-state index in [1.165, 1.54) is 54.5 Å². The van der Waals surface area contributed by atoms with Crippen molar-refractivity contribution >= 4 is 21.8 Å². The van der Waals surface area contributed by atoms with Crippen LogP contribution in [-0.4, -0.2) is 44.9 Å². The second-order valence-corrected chi connectivity index (χ2v) is 11.4. The molecule has 1 aliphatic rings. The number of carboxylic acid groups (broad SMARTS) is 1. The quantitative estimate of drug-likeness (QED) is 0.357. The van der Waals surface area contributed by atoms with Gasteiger partial charge in [-0.2, -0.15) is 4.31 Å². The third-order valence-electron chi connectivity index (χ3n) is 6.64. The summed E-state index contributed by atoms with van der Waals surface area (Å²) >= 11 is 0. The summed E-state index contributed by atoms with van der Waals surface area (Å²) in [5.41, 5.74) is 3.00. The van der Waals surface area contributed by atoms with Crippen LogP contribution < -0.4 is 5.32 Å². The molecule has 0 spiro atoms. The van der Waals surface area contributed by atoms with Gasteiger partial charge in [-0.15, -0.1) is 0 Å². The Labute approximate surface area is 212 Å². The average Bonchev–Trinajstić information content (AvgIpc) is 3.52. The first-order valence-corrected chi connectivity index (χ1v) is 13.6. The van der Waals surface area contributed by atoms with Crippen LogP contribution in [0.5, 0.6) is 0 Å². The monoisotopic (exact) mass is 511 g/mol. The Bertz CT molecular complexity index is 1300. The summed E-state index contributed by atoms with van der Waals surface area (Å²) < 4.78 is 30.0. The summed E-state index contributed by atoms with van der Waals surface area (Å²) in [4.78, 5) is 19.4. The number of rotatable bonds is 13. The lowest BCUT2D eigenvalue weighted by atomic mass is 9.90. The van der Waals surface area contributed by atoms with E-state index in [0.29, 0.717) is 16.9 Å². The zero-order chi connectivity index (χ0) is 25.8. The molecule has 3 aromatic rings. The third-order valence-corrected chi connectivity index (χ3v) is 8.32. The number of nitrogens with zero attached hydrogens (tertiary/aromatic N) is 4. The van der Waals surface area contributed by atoms with Gasteiger partial charge in [0.05, 0.1) is 18.6 Å². The lowest BCUT2D eigenvalue weighted by Crippen LogP contribution is -2.31. The molecule has 10 heteroatoms. The highest BCUT2D eigenvalue weighted by Gasteiger charge is 2.43. The lowest BCUT2D eigenvalue weighted by molar-refractivity contribution is -0.134. The fraction of sp³-hybridized carbons (Fsp3) is 0.423. The van der Waals surface area contributed by atoms with Gasteiger partial charge in [0.1, 0.15) is 12.4 Å².